The SMILES string of the molecule is Clc1ccc(Br)c(CC2CCN(CC3=CCN(Cc4ccccc4)CN3)CC2)c1. The topological polar surface area (TPSA) is 18.5 Å². The van der Waals surface area contributed by atoms with Gasteiger partial charge in [0.15, 0.2) is 0 Å². The summed E-state index contributed by atoms with van der Waals surface area (Å²) in [5, 5.41) is 4.46. The van der Waals surface area contributed by atoms with Crippen LogP contribution in [-0.2, 0) is 13.0 Å². The molecule has 0 bridgehead atoms. The van der Waals surface area contributed by atoms with Crippen LogP contribution in [0, 0.1) is 5.92 Å². The molecule has 4 rings (SSSR count). The van der Waals surface area contributed by atoms with E-state index in [1.54, 1.807) is 0 Å². The second-order valence-electron chi connectivity index (χ2n) is 8.22. The van der Waals surface area contributed by atoms with Crippen molar-refractivity contribution in [1.29, 1.82) is 0 Å². The summed E-state index contributed by atoms with van der Waals surface area (Å²) in [5.74, 6) is 0.746. The molecule has 2 aliphatic heterocycles. The summed E-state index contributed by atoms with van der Waals surface area (Å²) >= 11 is 9.85. The molecule has 1 saturated heterocycles. The van der Waals surface area contributed by atoms with E-state index in [-0.39, 0.29) is 0 Å². The normalized spacial score (nSPS) is 19.0. The molecule has 1 N–H and O–H groups in total. The van der Waals surface area contributed by atoms with Gasteiger partial charge in [-0.3, -0.25) is 9.80 Å². The maximum Gasteiger partial charge on any atom is 0.0681 e. The molecule has 2 aromatic rings. The zero-order valence-electron chi connectivity index (χ0n) is 16.8. The van der Waals surface area contributed by atoms with Crippen LogP contribution in [0.4, 0.5) is 0 Å². The minimum Gasteiger partial charge on any atom is -0.375 e. The van der Waals surface area contributed by atoms with E-state index in [9.17, 15) is 0 Å². The summed E-state index contributed by atoms with van der Waals surface area (Å²) in [6.45, 7) is 6.36. The van der Waals surface area contributed by atoms with Gasteiger partial charge >= 0.3 is 0 Å². The Hall–Kier alpha value is -1.33. The maximum absolute atomic E-state index is 6.18. The predicted molar refractivity (Wildman–Crippen MR) is 125 cm³/mol. The molecule has 29 heavy (non-hydrogen) atoms. The number of rotatable bonds is 6. The lowest BCUT2D eigenvalue weighted by molar-refractivity contribution is 0.187. The van der Waals surface area contributed by atoms with Crippen molar-refractivity contribution in [3.05, 3.63) is 80.9 Å². The van der Waals surface area contributed by atoms with E-state index in [2.05, 4.69) is 79.6 Å². The Bertz CT molecular complexity index is 831. The van der Waals surface area contributed by atoms with Crippen molar-refractivity contribution >= 4 is 27.5 Å². The van der Waals surface area contributed by atoms with Gasteiger partial charge in [-0.15, -0.1) is 0 Å². The number of likely N-dealkylation sites (tertiary alicyclic amines) is 1. The average Bonchev–Trinajstić information content (AvgIpc) is 2.74. The summed E-state index contributed by atoms with van der Waals surface area (Å²) in [5.41, 5.74) is 4.09. The first-order valence-electron chi connectivity index (χ1n) is 10.5. The van der Waals surface area contributed by atoms with Crippen molar-refractivity contribution in [3.63, 3.8) is 0 Å². The smallest absolute Gasteiger partial charge is 0.0681 e. The lowest BCUT2D eigenvalue weighted by Crippen LogP contribution is -2.43. The minimum absolute atomic E-state index is 0.746. The molecule has 0 aliphatic carbocycles. The largest absolute Gasteiger partial charge is 0.375 e. The van der Waals surface area contributed by atoms with Crippen LogP contribution in [0.25, 0.3) is 0 Å². The van der Waals surface area contributed by atoms with Gasteiger partial charge in [-0.2, -0.15) is 0 Å². The fourth-order valence-electron chi connectivity index (χ4n) is 4.27. The second kappa shape index (κ2) is 10.1. The van der Waals surface area contributed by atoms with Crippen LogP contribution < -0.4 is 5.32 Å². The standard InChI is InChI=1S/C24H29BrClN3/c25-24-7-6-22(26)15-21(24)14-19-8-11-28(12-9-19)17-23-10-13-29(18-27-23)16-20-4-2-1-3-5-20/h1-7,10,15,19,27H,8-9,11-14,16-18H2. The average molecular weight is 475 g/mol. The fraction of sp³-hybridized carbons (Fsp3) is 0.417. The summed E-state index contributed by atoms with van der Waals surface area (Å²) in [6.07, 6.45) is 5.99. The molecule has 154 valence electrons. The van der Waals surface area contributed by atoms with Gasteiger partial charge in [0, 0.05) is 34.8 Å². The van der Waals surface area contributed by atoms with Crippen LogP contribution in [0.2, 0.25) is 5.02 Å². The Morgan fingerprint density at radius 2 is 1.79 bits per heavy atom. The Morgan fingerprint density at radius 3 is 2.52 bits per heavy atom. The molecular formula is C24H29BrClN3. The molecule has 2 aliphatic rings. The van der Waals surface area contributed by atoms with E-state index in [4.69, 9.17) is 11.6 Å². The molecule has 2 heterocycles. The maximum atomic E-state index is 6.18. The molecule has 5 heteroatoms. The first kappa shape index (κ1) is 20.9. The Balaban J connectivity index is 1.21. The highest BCUT2D eigenvalue weighted by Gasteiger charge is 2.22. The molecular weight excluding hydrogens is 446 g/mol. The number of halogens is 2. The molecule has 0 aromatic heterocycles. The lowest BCUT2D eigenvalue weighted by Gasteiger charge is -2.35. The summed E-state index contributed by atoms with van der Waals surface area (Å²) in [7, 11) is 0. The van der Waals surface area contributed by atoms with Gasteiger partial charge in [-0.1, -0.05) is 63.9 Å². The van der Waals surface area contributed by atoms with Crippen LogP contribution in [0.1, 0.15) is 24.0 Å². The zero-order chi connectivity index (χ0) is 20.1. The molecule has 0 unspecified atom stereocenters. The van der Waals surface area contributed by atoms with Gasteiger partial charge < -0.3 is 5.32 Å². The third-order valence-electron chi connectivity index (χ3n) is 5.99. The van der Waals surface area contributed by atoms with Gasteiger partial charge in [0.2, 0.25) is 0 Å². The van der Waals surface area contributed by atoms with E-state index >= 15 is 0 Å². The van der Waals surface area contributed by atoms with Gasteiger partial charge in [0.05, 0.1) is 6.67 Å². The molecule has 0 saturated carbocycles. The summed E-state index contributed by atoms with van der Waals surface area (Å²) in [4.78, 5) is 5.03. The first-order chi connectivity index (χ1) is 14.2. The second-order valence-corrected chi connectivity index (χ2v) is 9.51. The van der Waals surface area contributed by atoms with Gasteiger partial charge in [-0.25, -0.2) is 0 Å². The van der Waals surface area contributed by atoms with Crippen LogP contribution in [0.5, 0.6) is 0 Å². The number of hydrogen-bond acceptors (Lipinski definition) is 3. The highest BCUT2D eigenvalue weighted by molar-refractivity contribution is 9.10. The number of nitrogens with zero attached hydrogens (tertiary/aromatic N) is 2. The number of piperidine rings is 1. The molecule has 1 fully saturated rings. The highest BCUT2D eigenvalue weighted by Crippen LogP contribution is 2.28. The zero-order valence-corrected chi connectivity index (χ0v) is 19.1. The monoisotopic (exact) mass is 473 g/mol. The Morgan fingerprint density at radius 1 is 1.00 bits per heavy atom. The molecule has 0 radical (unpaired) electrons. The lowest BCUT2D eigenvalue weighted by atomic mass is 9.90. The van der Waals surface area contributed by atoms with E-state index in [1.165, 1.54) is 47.2 Å². The van der Waals surface area contributed by atoms with Crippen LogP contribution >= 0.6 is 27.5 Å². The van der Waals surface area contributed by atoms with Crippen molar-refractivity contribution in [2.75, 3.05) is 32.8 Å². The molecule has 2 aromatic carbocycles. The van der Waals surface area contributed by atoms with Crippen LogP contribution in [0.3, 0.4) is 0 Å². The third-order valence-corrected chi connectivity index (χ3v) is 7.00. The first-order valence-corrected chi connectivity index (χ1v) is 11.7. The van der Waals surface area contributed by atoms with Gasteiger partial charge in [0.25, 0.3) is 0 Å². The molecule has 0 atom stereocenters. The molecule has 3 nitrogen and oxygen atoms in total. The van der Waals surface area contributed by atoms with Gasteiger partial charge in [0.1, 0.15) is 0 Å². The summed E-state index contributed by atoms with van der Waals surface area (Å²) < 4.78 is 1.18. The van der Waals surface area contributed by atoms with Crippen molar-refractivity contribution in [1.82, 2.24) is 15.1 Å². The highest BCUT2D eigenvalue weighted by atomic mass is 79.9. The van der Waals surface area contributed by atoms with Crippen molar-refractivity contribution in [3.8, 4) is 0 Å². The minimum atomic E-state index is 0.746. The van der Waals surface area contributed by atoms with Crippen LogP contribution in [0.15, 0.2) is 64.8 Å². The summed E-state index contributed by atoms with van der Waals surface area (Å²) in [6, 6.07) is 16.8. The van der Waals surface area contributed by atoms with E-state index in [0.717, 1.165) is 43.7 Å². The van der Waals surface area contributed by atoms with Crippen molar-refractivity contribution in [2.24, 2.45) is 5.92 Å². The third kappa shape index (κ3) is 6.08. The predicted octanol–water partition coefficient (Wildman–Crippen LogP) is 5.30. The number of benzene rings is 2. The van der Waals surface area contributed by atoms with E-state index in [0.29, 0.717) is 0 Å². The Labute approximate surface area is 187 Å². The van der Waals surface area contributed by atoms with Crippen molar-refractivity contribution in [2.45, 2.75) is 25.8 Å². The van der Waals surface area contributed by atoms with E-state index in [1.807, 2.05) is 6.07 Å². The molecule has 0 amide bonds. The quantitative estimate of drug-likeness (QED) is 0.612. The molecule has 0 spiro atoms. The van der Waals surface area contributed by atoms with E-state index < -0.39 is 0 Å². The van der Waals surface area contributed by atoms with Crippen LogP contribution in [-0.4, -0.2) is 42.6 Å². The number of nitrogens with one attached hydrogen (secondary N) is 1. The van der Waals surface area contributed by atoms with Crippen molar-refractivity contribution < 1.29 is 0 Å². The van der Waals surface area contributed by atoms with Gasteiger partial charge in [-0.05, 0) is 67.6 Å². The Kier molecular flexibility index (Phi) is 7.30. The number of hydrogen-bond donors (Lipinski definition) is 1. The fourth-order valence-corrected chi connectivity index (χ4v) is 4.88.